The molecule has 2 aromatic heterocycles. The van der Waals surface area contributed by atoms with Crippen molar-refractivity contribution in [1.29, 1.82) is 0 Å². The average Bonchev–Trinajstić information content (AvgIpc) is 3.04. The van der Waals surface area contributed by atoms with E-state index in [0.29, 0.717) is 5.52 Å². The molecule has 0 bridgehead atoms. The molecule has 0 radical (unpaired) electrons. The molecule has 0 aliphatic carbocycles. The van der Waals surface area contributed by atoms with Gasteiger partial charge in [0, 0.05) is 17.9 Å². The minimum Gasteiger partial charge on any atom is -0.348 e. The number of aryl methyl sites for hydroxylation is 2. The minimum atomic E-state index is -0.356. The van der Waals surface area contributed by atoms with Crippen LogP contribution in [0.25, 0.3) is 5.52 Å². The number of nitrogens with one attached hydrogen (secondary N) is 2. The number of hydrogen-bond donors (Lipinski definition) is 2. The Morgan fingerprint density at radius 2 is 1.93 bits per heavy atom. The molecule has 0 saturated carbocycles. The van der Waals surface area contributed by atoms with Crippen molar-refractivity contribution in [3.05, 3.63) is 65.2 Å². The van der Waals surface area contributed by atoms with Crippen LogP contribution >= 0.6 is 0 Å². The Morgan fingerprint density at radius 3 is 2.63 bits per heavy atom. The highest BCUT2D eigenvalue weighted by molar-refractivity contribution is 6.06. The summed E-state index contributed by atoms with van der Waals surface area (Å²) in [6.45, 7) is 7.88. The van der Waals surface area contributed by atoms with Crippen LogP contribution < -0.4 is 10.6 Å². The first-order chi connectivity index (χ1) is 12.9. The lowest BCUT2D eigenvalue weighted by atomic mass is 10.1. The number of carbonyl (C=O) groups excluding carboxylic acids is 2. The number of rotatable bonds is 5. The predicted octanol–water partition coefficient (Wildman–Crippen LogP) is 3.73. The van der Waals surface area contributed by atoms with E-state index in [0.717, 1.165) is 23.2 Å². The molecule has 2 amide bonds. The molecule has 3 rings (SSSR count). The first-order valence-corrected chi connectivity index (χ1v) is 9.07. The zero-order chi connectivity index (χ0) is 19.6. The highest BCUT2D eigenvalue weighted by Gasteiger charge is 2.22. The summed E-state index contributed by atoms with van der Waals surface area (Å²) in [5.41, 5.74) is 3.68. The first kappa shape index (κ1) is 18.6. The van der Waals surface area contributed by atoms with Crippen molar-refractivity contribution in [2.45, 2.75) is 40.2 Å². The van der Waals surface area contributed by atoms with Crippen LogP contribution in [0.1, 0.15) is 52.5 Å². The third kappa shape index (κ3) is 3.84. The Labute approximate surface area is 158 Å². The highest BCUT2D eigenvalue weighted by atomic mass is 16.2. The van der Waals surface area contributed by atoms with Crippen LogP contribution in [0.3, 0.4) is 0 Å². The van der Waals surface area contributed by atoms with Crippen LogP contribution in [0, 0.1) is 13.8 Å². The molecule has 27 heavy (non-hydrogen) atoms. The van der Waals surface area contributed by atoms with Crippen molar-refractivity contribution >= 4 is 23.0 Å². The normalized spacial score (nSPS) is 12.0. The molecule has 1 atom stereocenters. The second kappa shape index (κ2) is 7.61. The highest BCUT2D eigenvalue weighted by Crippen LogP contribution is 2.19. The molecule has 6 nitrogen and oxygen atoms in total. The smallest absolute Gasteiger partial charge is 0.292 e. The molecule has 1 unspecified atom stereocenters. The number of imidazole rings is 1. The van der Waals surface area contributed by atoms with Crippen LogP contribution in [0.4, 0.5) is 5.69 Å². The fraction of sp³-hybridized carbons (Fsp3) is 0.286. The number of hydrogen-bond acceptors (Lipinski definition) is 3. The van der Waals surface area contributed by atoms with Gasteiger partial charge in [0.2, 0.25) is 5.82 Å². The van der Waals surface area contributed by atoms with Crippen LogP contribution in [-0.4, -0.2) is 27.2 Å². The lowest BCUT2D eigenvalue weighted by molar-refractivity contribution is 0.0936. The molecule has 0 aliphatic heterocycles. The molecule has 3 aromatic rings. The largest absolute Gasteiger partial charge is 0.348 e. The number of aromatic nitrogens is 2. The van der Waals surface area contributed by atoms with Crippen molar-refractivity contribution < 1.29 is 9.59 Å². The maximum Gasteiger partial charge on any atom is 0.292 e. The second-order valence-corrected chi connectivity index (χ2v) is 6.80. The molecular weight excluding hydrogens is 340 g/mol. The van der Waals surface area contributed by atoms with Crippen LogP contribution in [0.15, 0.2) is 42.6 Å². The van der Waals surface area contributed by atoms with E-state index in [9.17, 15) is 9.59 Å². The molecule has 0 fully saturated rings. The van der Waals surface area contributed by atoms with E-state index < -0.39 is 0 Å². The van der Waals surface area contributed by atoms with Gasteiger partial charge in [-0.3, -0.25) is 14.0 Å². The summed E-state index contributed by atoms with van der Waals surface area (Å²) >= 11 is 0. The van der Waals surface area contributed by atoms with E-state index >= 15 is 0 Å². The summed E-state index contributed by atoms with van der Waals surface area (Å²) in [5.74, 6) is -0.454. The Balaban J connectivity index is 1.97. The molecule has 140 valence electrons. The fourth-order valence-electron chi connectivity index (χ4n) is 2.89. The van der Waals surface area contributed by atoms with Gasteiger partial charge in [0.1, 0.15) is 0 Å². The van der Waals surface area contributed by atoms with Crippen molar-refractivity contribution in [3.8, 4) is 0 Å². The van der Waals surface area contributed by atoms with Crippen molar-refractivity contribution in [2.24, 2.45) is 0 Å². The topological polar surface area (TPSA) is 75.5 Å². The summed E-state index contributed by atoms with van der Waals surface area (Å²) in [7, 11) is 0. The molecule has 0 aliphatic rings. The summed E-state index contributed by atoms with van der Waals surface area (Å²) in [6, 6.07) is 11.3. The number of anilines is 1. The number of nitrogens with zero attached hydrogens (tertiary/aromatic N) is 2. The lowest BCUT2D eigenvalue weighted by Crippen LogP contribution is -2.32. The van der Waals surface area contributed by atoms with Gasteiger partial charge in [0.05, 0.1) is 5.52 Å². The number of amides is 2. The second-order valence-electron chi connectivity index (χ2n) is 6.80. The van der Waals surface area contributed by atoms with Gasteiger partial charge in [-0.15, -0.1) is 0 Å². The van der Waals surface area contributed by atoms with Crippen LogP contribution in [0.5, 0.6) is 0 Å². The van der Waals surface area contributed by atoms with Gasteiger partial charge in [-0.05, 0) is 51.0 Å². The van der Waals surface area contributed by atoms with E-state index in [4.69, 9.17) is 0 Å². The van der Waals surface area contributed by atoms with Gasteiger partial charge < -0.3 is 10.6 Å². The zero-order valence-corrected chi connectivity index (χ0v) is 16.0. The monoisotopic (exact) mass is 364 g/mol. The van der Waals surface area contributed by atoms with E-state index in [2.05, 4.69) is 15.6 Å². The minimum absolute atomic E-state index is 0.0328. The van der Waals surface area contributed by atoms with Crippen LogP contribution in [0.2, 0.25) is 0 Å². The Hall–Kier alpha value is -3.15. The maximum atomic E-state index is 12.9. The van der Waals surface area contributed by atoms with Crippen molar-refractivity contribution in [1.82, 2.24) is 14.7 Å². The number of fused-ring (bicyclic) bond motifs is 1. The van der Waals surface area contributed by atoms with E-state index in [1.165, 1.54) is 0 Å². The van der Waals surface area contributed by atoms with Gasteiger partial charge in [0.25, 0.3) is 11.8 Å². The van der Waals surface area contributed by atoms with E-state index in [-0.39, 0.29) is 29.4 Å². The summed E-state index contributed by atoms with van der Waals surface area (Å²) < 4.78 is 1.64. The number of carbonyl (C=O) groups is 2. The molecule has 2 heterocycles. The molecular formula is C21H24N4O2. The van der Waals surface area contributed by atoms with E-state index in [1.807, 2.05) is 52.0 Å². The molecule has 6 heteroatoms. The molecule has 1 aromatic carbocycles. The maximum absolute atomic E-state index is 12.9. The quantitative estimate of drug-likeness (QED) is 0.724. The van der Waals surface area contributed by atoms with Gasteiger partial charge in [-0.2, -0.15) is 0 Å². The Kier molecular flexibility index (Phi) is 5.26. The third-order valence-corrected chi connectivity index (χ3v) is 4.59. The summed E-state index contributed by atoms with van der Waals surface area (Å²) in [6.07, 6.45) is 2.55. The standard InChI is InChI=1S/C21H24N4O2/c1-5-15(4)22-20(26)18-17-8-6-7-11-25(17)19(24-18)21(27)23-16-10-9-13(2)12-14(16)3/h6-12,15H,5H2,1-4H3,(H,22,26)(H,23,27). The Bertz CT molecular complexity index is 1010. The van der Waals surface area contributed by atoms with Crippen molar-refractivity contribution in [3.63, 3.8) is 0 Å². The van der Waals surface area contributed by atoms with Crippen LogP contribution in [-0.2, 0) is 0 Å². The fourth-order valence-corrected chi connectivity index (χ4v) is 2.89. The van der Waals surface area contributed by atoms with E-state index in [1.54, 1.807) is 22.7 Å². The summed E-state index contributed by atoms with van der Waals surface area (Å²) in [5, 5.41) is 5.80. The van der Waals surface area contributed by atoms with Gasteiger partial charge in [-0.1, -0.05) is 30.7 Å². The van der Waals surface area contributed by atoms with Gasteiger partial charge >= 0.3 is 0 Å². The number of benzene rings is 1. The molecule has 2 N–H and O–H groups in total. The van der Waals surface area contributed by atoms with Gasteiger partial charge in [0.15, 0.2) is 5.69 Å². The third-order valence-electron chi connectivity index (χ3n) is 4.59. The zero-order valence-electron chi connectivity index (χ0n) is 16.0. The number of pyridine rings is 1. The summed E-state index contributed by atoms with van der Waals surface area (Å²) in [4.78, 5) is 29.8. The lowest BCUT2D eigenvalue weighted by Gasteiger charge is -2.09. The first-order valence-electron chi connectivity index (χ1n) is 9.07. The predicted molar refractivity (Wildman–Crippen MR) is 106 cm³/mol. The van der Waals surface area contributed by atoms with Crippen molar-refractivity contribution in [2.75, 3.05) is 5.32 Å². The average molecular weight is 364 g/mol. The molecule has 0 spiro atoms. The van der Waals surface area contributed by atoms with Gasteiger partial charge in [-0.25, -0.2) is 4.98 Å². The Morgan fingerprint density at radius 1 is 1.15 bits per heavy atom. The SMILES string of the molecule is CCC(C)NC(=O)c1nc(C(=O)Nc2ccc(C)cc2C)n2ccccc12. The molecule has 0 saturated heterocycles.